The Kier molecular flexibility index (Phi) is 6.43. The van der Waals surface area contributed by atoms with Gasteiger partial charge >= 0.3 is 0 Å². The number of nitrogens with zero attached hydrogens (tertiary/aromatic N) is 1. The number of rotatable bonds is 7. The van der Waals surface area contributed by atoms with Gasteiger partial charge in [-0.1, -0.05) is 73.7 Å². The Labute approximate surface area is 227 Å². The summed E-state index contributed by atoms with van der Waals surface area (Å²) in [6.07, 6.45) is 1.51. The van der Waals surface area contributed by atoms with Gasteiger partial charge in [0.15, 0.2) is 0 Å². The van der Waals surface area contributed by atoms with Crippen molar-refractivity contribution >= 4 is 28.6 Å². The third kappa shape index (κ3) is 4.38. The molecule has 2 unspecified atom stereocenters. The summed E-state index contributed by atoms with van der Waals surface area (Å²) in [5, 5.41) is 7.12. The Morgan fingerprint density at radius 3 is 2.49 bits per heavy atom. The summed E-state index contributed by atoms with van der Waals surface area (Å²) >= 11 is 0. The number of aromatic amines is 1. The number of nitrogens with one attached hydrogen (secondary N) is 3. The molecule has 0 aliphatic carbocycles. The quantitative estimate of drug-likeness (QED) is 0.340. The summed E-state index contributed by atoms with van der Waals surface area (Å²) < 4.78 is 0. The molecule has 4 atom stereocenters. The van der Waals surface area contributed by atoms with Gasteiger partial charge in [0.25, 0.3) is 5.91 Å². The van der Waals surface area contributed by atoms with Crippen LogP contribution in [0.5, 0.6) is 0 Å². The second-order valence-electron chi connectivity index (χ2n) is 10.6. The summed E-state index contributed by atoms with van der Waals surface area (Å²) in [5.74, 6) is -0.709. The van der Waals surface area contributed by atoms with Gasteiger partial charge in [-0.25, -0.2) is 0 Å². The lowest BCUT2D eigenvalue weighted by Gasteiger charge is -2.37. The lowest BCUT2D eigenvalue weighted by atomic mass is 9.89. The van der Waals surface area contributed by atoms with E-state index in [1.54, 1.807) is 4.90 Å². The molecule has 0 radical (unpaired) electrons. The lowest BCUT2D eigenvalue weighted by Crippen LogP contribution is -2.57. The Balaban J connectivity index is 1.37. The number of amides is 3. The van der Waals surface area contributed by atoms with Gasteiger partial charge in [0.1, 0.15) is 12.1 Å². The minimum atomic E-state index is -0.767. The highest BCUT2D eigenvalue weighted by Crippen LogP contribution is 2.46. The van der Waals surface area contributed by atoms with E-state index in [2.05, 4.69) is 21.7 Å². The number of benzene rings is 3. The van der Waals surface area contributed by atoms with Crippen LogP contribution in [0.25, 0.3) is 10.9 Å². The fraction of sp³-hybridized carbons (Fsp3) is 0.281. The number of fused-ring (bicyclic) bond motifs is 7. The van der Waals surface area contributed by atoms with E-state index in [9.17, 15) is 14.4 Å². The second kappa shape index (κ2) is 10.1. The first kappa shape index (κ1) is 24.9. The fourth-order valence-corrected chi connectivity index (χ4v) is 5.91. The van der Waals surface area contributed by atoms with E-state index in [-0.39, 0.29) is 29.8 Å². The van der Waals surface area contributed by atoms with Crippen molar-refractivity contribution in [2.75, 3.05) is 0 Å². The second-order valence-corrected chi connectivity index (χ2v) is 10.6. The number of hydrogen-bond acceptors (Lipinski definition) is 3. The molecule has 3 heterocycles. The molecule has 2 aliphatic heterocycles. The van der Waals surface area contributed by atoms with Crippen molar-refractivity contribution in [2.24, 2.45) is 0 Å². The highest BCUT2D eigenvalue weighted by molar-refractivity contribution is 6.04. The molecule has 4 aromatic rings. The zero-order chi connectivity index (χ0) is 27.1. The fourth-order valence-electron chi connectivity index (χ4n) is 5.91. The summed E-state index contributed by atoms with van der Waals surface area (Å²) in [5.41, 5.74) is 5.43. The molecule has 2 aliphatic rings. The highest BCUT2D eigenvalue weighted by Gasteiger charge is 2.49. The lowest BCUT2D eigenvalue weighted by molar-refractivity contribution is -0.132. The topological polar surface area (TPSA) is 94.3 Å². The number of hydrogen-bond donors (Lipinski definition) is 3. The van der Waals surface area contributed by atoms with E-state index in [0.717, 1.165) is 39.7 Å². The van der Waals surface area contributed by atoms with Crippen LogP contribution >= 0.6 is 0 Å². The molecular weight excluding hydrogens is 488 g/mol. The Hall–Kier alpha value is -4.39. The van der Waals surface area contributed by atoms with Gasteiger partial charge in [-0.2, -0.15) is 0 Å². The summed E-state index contributed by atoms with van der Waals surface area (Å²) in [6, 6.07) is 23.3. The van der Waals surface area contributed by atoms with Crippen LogP contribution in [0.3, 0.4) is 0 Å². The zero-order valence-corrected chi connectivity index (χ0v) is 22.1. The SMILES string of the molecule is CCC(C)NC(=O)[C@H](Cc1ccccc1)NC(=O)[C@@H]1Cc2c([nH]c3ccccc23)C2c3ccccc3C(=O)N21. The predicted molar refractivity (Wildman–Crippen MR) is 150 cm³/mol. The molecular formula is C32H32N4O3. The van der Waals surface area contributed by atoms with Crippen LogP contribution in [0, 0.1) is 0 Å². The number of H-pyrrole nitrogens is 1. The van der Waals surface area contributed by atoms with Gasteiger partial charge < -0.3 is 20.5 Å². The van der Waals surface area contributed by atoms with E-state index in [1.807, 2.05) is 86.6 Å². The van der Waals surface area contributed by atoms with Crippen molar-refractivity contribution < 1.29 is 14.4 Å². The van der Waals surface area contributed by atoms with Crippen molar-refractivity contribution in [3.8, 4) is 0 Å². The maximum absolute atomic E-state index is 14.1. The Bertz CT molecular complexity index is 1560. The van der Waals surface area contributed by atoms with Gasteiger partial charge in [0.05, 0.1) is 6.04 Å². The van der Waals surface area contributed by atoms with Gasteiger partial charge in [-0.3, -0.25) is 14.4 Å². The molecule has 39 heavy (non-hydrogen) atoms. The van der Waals surface area contributed by atoms with Crippen molar-refractivity contribution in [2.45, 2.75) is 57.3 Å². The van der Waals surface area contributed by atoms with Crippen LogP contribution in [0.1, 0.15) is 59.1 Å². The normalized spacial score (nSPS) is 19.1. The molecule has 3 amide bonds. The van der Waals surface area contributed by atoms with Crippen LogP contribution in [0.15, 0.2) is 78.9 Å². The molecule has 3 aromatic carbocycles. The molecule has 7 nitrogen and oxygen atoms in total. The number of aromatic nitrogens is 1. The molecule has 0 spiro atoms. The molecule has 1 aromatic heterocycles. The van der Waals surface area contributed by atoms with Gasteiger partial charge in [0, 0.05) is 41.0 Å². The van der Waals surface area contributed by atoms with Crippen LogP contribution < -0.4 is 10.6 Å². The molecule has 0 saturated carbocycles. The van der Waals surface area contributed by atoms with Crippen molar-refractivity contribution in [3.05, 3.63) is 107 Å². The summed E-state index contributed by atoms with van der Waals surface area (Å²) in [7, 11) is 0. The molecule has 198 valence electrons. The molecule has 0 saturated heterocycles. The smallest absolute Gasteiger partial charge is 0.255 e. The van der Waals surface area contributed by atoms with Crippen molar-refractivity contribution in [3.63, 3.8) is 0 Å². The average molecular weight is 521 g/mol. The molecule has 7 heteroatoms. The highest BCUT2D eigenvalue weighted by atomic mass is 16.2. The Morgan fingerprint density at radius 2 is 1.69 bits per heavy atom. The minimum Gasteiger partial charge on any atom is -0.356 e. The van der Waals surface area contributed by atoms with E-state index in [4.69, 9.17) is 0 Å². The first-order valence-electron chi connectivity index (χ1n) is 13.6. The first-order chi connectivity index (χ1) is 19.0. The van der Waals surface area contributed by atoms with Gasteiger partial charge in [0.2, 0.25) is 11.8 Å². The van der Waals surface area contributed by atoms with E-state index in [0.29, 0.717) is 18.4 Å². The van der Waals surface area contributed by atoms with E-state index >= 15 is 0 Å². The van der Waals surface area contributed by atoms with Crippen molar-refractivity contribution in [1.29, 1.82) is 0 Å². The third-order valence-electron chi connectivity index (χ3n) is 8.07. The van der Waals surface area contributed by atoms with Crippen LogP contribution in [-0.4, -0.2) is 45.7 Å². The Morgan fingerprint density at radius 1 is 0.974 bits per heavy atom. The van der Waals surface area contributed by atoms with E-state index in [1.165, 1.54) is 0 Å². The van der Waals surface area contributed by atoms with Crippen LogP contribution in [0.4, 0.5) is 0 Å². The van der Waals surface area contributed by atoms with Crippen LogP contribution in [0.2, 0.25) is 0 Å². The average Bonchev–Trinajstić information content (AvgIpc) is 3.48. The summed E-state index contributed by atoms with van der Waals surface area (Å²) in [4.78, 5) is 46.4. The molecule has 0 fully saturated rings. The standard InChI is InChI=1S/C32H32N4O3/c1-3-19(2)33-30(37)26(17-20-11-5-4-6-12-20)35-31(38)27-18-24-21-13-9-10-16-25(21)34-28(24)29-22-14-7-8-15-23(22)32(39)36(27)29/h4-16,19,26-27,29,34H,3,17-18H2,1-2H3,(H,33,37)(H,35,38)/t19?,26-,27-,29?/m0/s1. The van der Waals surface area contributed by atoms with E-state index < -0.39 is 12.1 Å². The number of carbonyl (C=O) groups is 3. The number of para-hydroxylation sites is 1. The predicted octanol–water partition coefficient (Wildman–Crippen LogP) is 4.28. The van der Waals surface area contributed by atoms with Gasteiger partial charge in [-0.15, -0.1) is 0 Å². The first-order valence-corrected chi connectivity index (χ1v) is 13.6. The zero-order valence-electron chi connectivity index (χ0n) is 22.1. The molecule has 0 bridgehead atoms. The van der Waals surface area contributed by atoms with Crippen molar-refractivity contribution in [1.82, 2.24) is 20.5 Å². The largest absolute Gasteiger partial charge is 0.356 e. The number of carbonyl (C=O) groups excluding carboxylic acids is 3. The molecule has 6 rings (SSSR count). The maximum atomic E-state index is 14.1. The summed E-state index contributed by atoms with van der Waals surface area (Å²) in [6.45, 7) is 3.96. The van der Waals surface area contributed by atoms with Gasteiger partial charge in [-0.05, 0) is 42.2 Å². The third-order valence-corrected chi connectivity index (χ3v) is 8.07. The monoisotopic (exact) mass is 520 g/mol. The minimum absolute atomic E-state index is 0.0184. The van der Waals surface area contributed by atoms with Crippen LogP contribution in [-0.2, 0) is 22.4 Å². The molecule has 3 N–H and O–H groups in total. The maximum Gasteiger partial charge on any atom is 0.255 e.